The summed E-state index contributed by atoms with van der Waals surface area (Å²) in [5, 5.41) is 4.89. The fourth-order valence-electron chi connectivity index (χ4n) is 3.39. The number of nitrogens with zero attached hydrogens (tertiary/aromatic N) is 1. The summed E-state index contributed by atoms with van der Waals surface area (Å²) in [7, 11) is 0. The van der Waals surface area contributed by atoms with Crippen molar-refractivity contribution >= 4 is 35.3 Å². The van der Waals surface area contributed by atoms with Crippen LogP contribution in [0.4, 0.5) is 0 Å². The van der Waals surface area contributed by atoms with Gasteiger partial charge in [0.15, 0.2) is 6.61 Å². The lowest BCUT2D eigenvalue weighted by molar-refractivity contribution is -0.123. The lowest BCUT2D eigenvalue weighted by atomic mass is 9.72. The van der Waals surface area contributed by atoms with Crippen LogP contribution in [0.2, 0.25) is 10.0 Å². The number of carbonyl (C=O) groups excluding carboxylic acids is 1. The zero-order valence-electron chi connectivity index (χ0n) is 17.6. The average Bonchev–Trinajstić information content (AvgIpc) is 2.60. The van der Waals surface area contributed by atoms with Gasteiger partial charge in [-0.1, -0.05) is 76.0 Å². The van der Waals surface area contributed by atoms with Gasteiger partial charge in [-0.15, -0.1) is 0 Å². The Labute approximate surface area is 183 Å². The molecule has 2 rings (SSSR count). The fourth-order valence-corrected chi connectivity index (χ4v) is 3.85. The van der Waals surface area contributed by atoms with E-state index in [4.69, 9.17) is 27.9 Å². The van der Waals surface area contributed by atoms with E-state index in [0.29, 0.717) is 21.4 Å². The first kappa shape index (κ1) is 23.2. The van der Waals surface area contributed by atoms with Gasteiger partial charge < -0.3 is 4.74 Å². The van der Waals surface area contributed by atoms with E-state index < -0.39 is 0 Å². The first-order valence-corrected chi connectivity index (χ1v) is 10.2. The molecule has 0 atom stereocenters. The first-order valence-electron chi connectivity index (χ1n) is 9.47. The predicted molar refractivity (Wildman–Crippen MR) is 121 cm³/mol. The van der Waals surface area contributed by atoms with Crippen molar-refractivity contribution in [3.8, 4) is 5.75 Å². The Hall–Kier alpha value is -2.04. The van der Waals surface area contributed by atoms with Crippen molar-refractivity contribution in [2.45, 2.75) is 46.5 Å². The van der Waals surface area contributed by atoms with Crippen molar-refractivity contribution in [2.24, 2.45) is 10.5 Å². The minimum absolute atomic E-state index is 0.0613. The molecule has 0 aliphatic rings. The van der Waals surface area contributed by atoms with E-state index in [2.05, 4.69) is 57.3 Å². The van der Waals surface area contributed by atoms with E-state index in [1.54, 1.807) is 18.2 Å². The molecule has 0 bridgehead atoms. The Bertz CT molecular complexity index is 869. The largest absolute Gasteiger partial charge is 0.484 e. The Morgan fingerprint density at radius 1 is 1.07 bits per heavy atom. The molecule has 0 spiro atoms. The summed E-state index contributed by atoms with van der Waals surface area (Å²) in [6, 6.07) is 12.9. The van der Waals surface area contributed by atoms with Crippen LogP contribution in [0, 0.1) is 5.41 Å². The first-order chi connectivity index (χ1) is 13.5. The van der Waals surface area contributed by atoms with Crippen LogP contribution in [0.25, 0.3) is 0 Å². The van der Waals surface area contributed by atoms with Gasteiger partial charge >= 0.3 is 0 Å². The number of nitrogens with one attached hydrogen (secondary N) is 1. The number of amides is 1. The van der Waals surface area contributed by atoms with Crippen LogP contribution >= 0.6 is 23.2 Å². The fraction of sp³-hybridized carbons (Fsp3) is 0.391. The molecule has 0 aromatic heterocycles. The Kier molecular flexibility index (Phi) is 7.73. The van der Waals surface area contributed by atoms with Crippen molar-refractivity contribution in [1.29, 1.82) is 0 Å². The van der Waals surface area contributed by atoms with Crippen molar-refractivity contribution < 1.29 is 9.53 Å². The van der Waals surface area contributed by atoms with Gasteiger partial charge in [0.2, 0.25) is 0 Å². The second kappa shape index (κ2) is 9.64. The zero-order chi connectivity index (χ0) is 21.7. The maximum absolute atomic E-state index is 11.9. The number of hydrogen-bond acceptors (Lipinski definition) is 3. The molecule has 156 valence electrons. The minimum Gasteiger partial charge on any atom is -0.484 e. The van der Waals surface area contributed by atoms with Crippen molar-refractivity contribution in [1.82, 2.24) is 5.43 Å². The molecule has 0 heterocycles. The highest BCUT2D eigenvalue weighted by Crippen LogP contribution is 2.36. The molecule has 2 aromatic rings. The lowest BCUT2D eigenvalue weighted by Crippen LogP contribution is -2.25. The van der Waals surface area contributed by atoms with Gasteiger partial charge in [-0.25, -0.2) is 5.43 Å². The molecule has 0 radical (unpaired) electrons. The molecular weight excluding hydrogens is 407 g/mol. The van der Waals surface area contributed by atoms with E-state index >= 15 is 0 Å². The minimum atomic E-state index is -0.358. The standard InChI is InChI=1S/C23H28Cl2N2O2/c1-22(2,3)15-23(4,5)17-7-10-19(11-8-17)29-14-21(28)27-26-13-16-6-9-18(24)12-20(16)25/h6-13H,14-15H2,1-5H3,(H,27,28). The Morgan fingerprint density at radius 2 is 1.72 bits per heavy atom. The lowest BCUT2D eigenvalue weighted by Gasteiger charge is -2.33. The van der Waals surface area contributed by atoms with E-state index in [9.17, 15) is 4.79 Å². The highest BCUT2D eigenvalue weighted by molar-refractivity contribution is 6.36. The van der Waals surface area contributed by atoms with Crippen LogP contribution in [0.3, 0.4) is 0 Å². The number of hydrazone groups is 1. The highest BCUT2D eigenvalue weighted by Gasteiger charge is 2.27. The third kappa shape index (κ3) is 7.71. The van der Waals surface area contributed by atoms with Crippen LogP contribution in [0.15, 0.2) is 47.6 Å². The van der Waals surface area contributed by atoms with Gasteiger partial charge in [-0.2, -0.15) is 5.10 Å². The maximum atomic E-state index is 11.9. The zero-order valence-corrected chi connectivity index (χ0v) is 19.1. The number of hydrogen-bond donors (Lipinski definition) is 1. The maximum Gasteiger partial charge on any atom is 0.277 e. The summed E-state index contributed by atoms with van der Waals surface area (Å²) >= 11 is 11.9. The number of rotatable bonds is 7. The van der Waals surface area contributed by atoms with Gasteiger partial charge in [0.1, 0.15) is 5.75 Å². The predicted octanol–water partition coefficient (Wildman–Crippen LogP) is 6.24. The molecule has 1 amide bonds. The van der Waals surface area contributed by atoms with E-state index in [1.807, 2.05) is 12.1 Å². The normalized spacial score (nSPS) is 12.2. The third-order valence-electron chi connectivity index (χ3n) is 4.33. The summed E-state index contributed by atoms with van der Waals surface area (Å²) in [4.78, 5) is 11.9. The van der Waals surface area contributed by atoms with Crippen LogP contribution < -0.4 is 10.2 Å². The Balaban J connectivity index is 1.86. The van der Waals surface area contributed by atoms with Gasteiger partial charge in [0.25, 0.3) is 5.91 Å². The quantitative estimate of drug-likeness (QED) is 0.414. The van der Waals surface area contributed by atoms with Gasteiger partial charge in [-0.05, 0) is 47.1 Å². The summed E-state index contributed by atoms with van der Waals surface area (Å²) < 4.78 is 5.55. The molecule has 0 unspecified atom stereocenters. The highest BCUT2D eigenvalue weighted by atomic mass is 35.5. The van der Waals surface area contributed by atoms with Crippen molar-refractivity contribution in [3.05, 3.63) is 63.6 Å². The summed E-state index contributed by atoms with van der Waals surface area (Å²) in [6.45, 7) is 11.1. The van der Waals surface area contributed by atoms with Crippen LogP contribution in [-0.2, 0) is 10.2 Å². The average molecular weight is 435 g/mol. The second-order valence-corrected chi connectivity index (χ2v) is 9.74. The van der Waals surface area contributed by atoms with E-state index in [0.717, 1.165) is 6.42 Å². The third-order valence-corrected chi connectivity index (χ3v) is 4.90. The molecule has 4 nitrogen and oxygen atoms in total. The molecule has 0 aliphatic carbocycles. The van der Waals surface area contributed by atoms with Crippen LogP contribution in [0.1, 0.15) is 52.2 Å². The van der Waals surface area contributed by atoms with Crippen LogP contribution in [-0.4, -0.2) is 18.7 Å². The molecule has 0 saturated carbocycles. The van der Waals surface area contributed by atoms with E-state index in [1.165, 1.54) is 11.8 Å². The SMILES string of the molecule is CC(C)(C)CC(C)(C)c1ccc(OCC(=O)NN=Cc2ccc(Cl)cc2Cl)cc1. The molecule has 2 aromatic carbocycles. The summed E-state index contributed by atoms with van der Waals surface area (Å²) in [5.41, 5.74) is 4.63. The molecule has 0 aliphatic heterocycles. The van der Waals surface area contributed by atoms with Crippen molar-refractivity contribution in [2.75, 3.05) is 6.61 Å². The number of ether oxygens (including phenoxy) is 1. The van der Waals surface area contributed by atoms with Crippen molar-refractivity contribution in [3.63, 3.8) is 0 Å². The summed E-state index contributed by atoms with van der Waals surface area (Å²) in [6.07, 6.45) is 2.53. The molecule has 1 N–H and O–H groups in total. The number of benzene rings is 2. The molecule has 6 heteroatoms. The molecule has 0 saturated heterocycles. The summed E-state index contributed by atoms with van der Waals surface area (Å²) in [5.74, 6) is 0.281. The second-order valence-electron chi connectivity index (χ2n) is 8.89. The van der Waals surface area contributed by atoms with Gasteiger partial charge in [0, 0.05) is 10.6 Å². The monoisotopic (exact) mass is 434 g/mol. The number of halogens is 2. The van der Waals surface area contributed by atoms with Crippen LogP contribution in [0.5, 0.6) is 5.75 Å². The molecular formula is C23H28Cl2N2O2. The smallest absolute Gasteiger partial charge is 0.277 e. The molecule has 0 fully saturated rings. The number of carbonyl (C=O) groups is 1. The Morgan fingerprint density at radius 3 is 2.31 bits per heavy atom. The van der Waals surface area contributed by atoms with E-state index in [-0.39, 0.29) is 23.3 Å². The topological polar surface area (TPSA) is 50.7 Å². The molecule has 29 heavy (non-hydrogen) atoms. The van der Waals surface area contributed by atoms with Gasteiger partial charge in [0.05, 0.1) is 11.2 Å². The van der Waals surface area contributed by atoms with Gasteiger partial charge in [-0.3, -0.25) is 4.79 Å².